The summed E-state index contributed by atoms with van der Waals surface area (Å²) in [6.45, 7) is 3.86. The van der Waals surface area contributed by atoms with E-state index < -0.39 is 11.6 Å². The molecule has 0 atom stereocenters. The van der Waals surface area contributed by atoms with Crippen LogP contribution in [-0.4, -0.2) is 15.0 Å². The minimum Gasteiger partial charge on any atom is -0.324 e. The van der Waals surface area contributed by atoms with Crippen LogP contribution in [0.5, 0.6) is 0 Å². The fourth-order valence-corrected chi connectivity index (χ4v) is 3.06. The Hall–Kier alpha value is -3.66. The number of amides is 1. The maximum atomic E-state index is 12.9. The maximum Gasteiger partial charge on any atom is 0.331 e. The van der Waals surface area contributed by atoms with E-state index in [0.29, 0.717) is 22.2 Å². The quantitative estimate of drug-likeness (QED) is 0.739. The monoisotopic (exact) mass is 376 g/mol. The molecule has 0 bridgehead atoms. The fraction of sp³-hybridized carbons (Fsp3) is 0.238. The van der Waals surface area contributed by atoms with Gasteiger partial charge in [0.25, 0.3) is 5.56 Å². The van der Waals surface area contributed by atoms with E-state index in [1.54, 1.807) is 48.5 Å². The van der Waals surface area contributed by atoms with E-state index in [1.807, 2.05) is 19.9 Å². The summed E-state index contributed by atoms with van der Waals surface area (Å²) in [6, 6.07) is 15.3. The topological polar surface area (TPSA) is 96.9 Å². The molecular formula is C21H20N4O3. The van der Waals surface area contributed by atoms with Crippen molar-refractivity contribution in [3.8, 4) is 6.07 Å². The summed E-state index contributed by atoms with van der Waals surface area (Å²) in [6.07, 6.45) is 0. The number of rotatable bonds is 5. The number of hydrogen-bond acceptors (Lipinski definition) is 4. The summed E-state index contributed by atoms with van der Waals surface area (Å²) in [7, 11) is 0. The molecule has 0 aliphatic rings. The summed E-state index contributed by atoms with van der Waals surface area (Å²) in [5.41, 5.74) is 0.437. The van der Waals surface area contributed by atoms with Gasteiger partial charge in [-0.1, -0.05) is 32.0 Å². The second-order valence-electron chi connectivity index (χ2n) is 6.94. The van der Waals surface area contributed by atoms with Gasteiger partial charge >= 0.3 is 5.69 Å². The second kappa shape index (κ2) is 7.92. The molecule has 3 rings (SSSR count). The SMILES string of the molecule is CC(C)Cn1c(=O)c2ccccc2n(CC(=O)Nc2cccc(C#N)c2)c1=O. The third-order valence-corrected chi connectivity index (χ3v) is 4.26. The van der Waals surface area contributed by atoms with Crippen LogP contribution in [0.15, 0.2) is 58.1 Å². The van der Waals surface area contributed by atoms with Gasteiger partial charge < -0.3 is 5.32 Å². The number of nitrogens with zero attached hydrogens (tertiary/aromatic N) is 3. The largest absolute Gasteiger partial charge is 0.331 e. The van der Waals surface area contributed by atoms with Crippen molar-refractivity contribution in [1.82, 2.24) is 9.13 Å². The van der Waals surface area contributed by atoms with Crippen molar-refractivity contribution in [2.45, 2.75) is 26.9 Å². The van der Waals surface area contributed by atoms with Crippen molar-refractivity contribution in [1.29, 1.82) is 5.26 Å². The molecule has 0 saturated heterocycles. The van der Waals surface area contributed by atoms with E-state index in [0.717, 1.165) is 0 Å². The van der Waals surface area contributed by atoms with Crippen LogP contribution in [0.4, 0.5) is 5.69 Å². The third kappa shape index (κ3) is 3.86. The van der Waals surface area contributed by atoms with E-state index in [1.165, 1.54) is 9.13 Å². The highest BCUT2D eigenvalue weighted by Gasteiger charge is 2.16. The Kier molecular flexibility index (Phi) is 5.41. The molecule has 1 heterocycles. The normalized spacial score (nSPS) is 10.8. The average Bonchev–Trinajstić information content (AvgIpc) is 2.68. The molecule has 0 fully saturated rings. The Bertz CT molecular complexity index is 1200. The molecule has 3 aromatic rings. The van der Waals surface area contributed by atoms with Gasteiger partial charge in [-0.25, -0.2) is 4.79 Å². The standard InChI is InChI=1S/C21H20N4O3/c1-14(2)12-25-20(27)17-8-3-4-9-18(17)24(21(25)28)13-19(26)23-16-7-5-6-15(10-16)11-22/h3-10,14H,12-13H2,1-2H3,(H,23,26). The van der Waals surface area contributed by atoms with Crippen LogP contribution in [-0.2, 0) is 17.9 Å². The van der Waals surface area contributed by atoms with Gasteiger partial charge in [0.15, 0.2) is 0 Å². The highest BCUT2D eigenvalue weighted by atomic mass is 16.2. The van der Waals surface area contributed by atoms with Crippen molar-refractivity contribution in [3.63, 3.8) is 0 Å². The molecule has 0 aliphatic heterocycles. The van der Waals surface area contributed by atoms with E-state index in [9.17, 15) is 14.4 Å². The first-order valence-electron chi connectivity index (χ1n) is 8.93. The van der Waals surface area contributed by atoms with Gasteiger partial charge in [-0.2, -0.15) is 5.26 Å². The molecule has 1 amide bonds. The lowest BCUT2D eigenvalue weighted by molar-refractivity contribution is -0.116. The highest BCUT2D eigenvalue weighted by molar-refractivity contribution is 5.91. The Morgan fingerprint density at radius 1 is 1.11 bits per heavy atom. The number of fused-ring (bicyclic) bond motifs is 1. The van der Waals surface area contributed by atoms with Gasteiger partial charge in [-0.15, -0.1) is 0 Å². The summed E-state index contributed by atoms with van der Waals surface area (Å²) < 4.78 is 2.49. The van der Waals surface area contributed by atoms with Gasteiger partial charge in [0, 0.05) is 12.2 Å². The van der Waals surface area contributed by atoms with E-state index in [2.05, 4.69) is 5.32 Å². The molecule has 142 valence electrons. The lowest BCUT2D eigenvalue weighted by Gasteiger charge is -2.15. The zero-order chi connectivity index (χ0) is 20.3. The van der Waals surface area contributed by atoms with Crippen LogP contribution >= 0.6 is 0 Å². The van der Waals surface area contributed by atoms with Gasteiger partial charge in [0.1, 0.15) is 6.54 Å². The number of carbonyl (C=O) groups is 1. The number of para-hydroxylation sites is 1. The van der Waals surface area contributed by atoms with Gasteiger partial charge in [0.2, 0.25) is 5.91 Å². The Labute approximate surface area is 161 Å². The van der Waals surface area contributed by atoms with Gasteiger partial charge in [-0.3, -0.25) is 18.7 Å². The number of anilines is 1. The molecule has 0 unspecified atom stereocenters. The molecule has 1 aromatic heterocycles. The Morgan fingerprint density at radius 3 is 2.57 bits per heavy atom. The van der Waals surface area contributed by atoms with Gasteiger partial charge in [0.05, 0.1) is 22.5 Å². The number of aromatic nitrogens is 2. The number of hydrogen-bond donors (Lipinski definition) is 1. The highest BCUT2D eigenvalue weighted by Crippen LogP contribution is 2.11. The minimum atomic E-state index is -0.515. The molecule has 0 aliphatic carbocycles. The van der Waals surface area contributed by atoms with E-state index >= 15 is 0 Å². The predicted molar refractivity (Wildman–Crippen MR) is 107 cm³/mol. The lowest BCUT2D eigenvalue weighted by Crippen LogP contribution is -2.42. The molecule has 0 radical (unpaired) electrons. The average molecular weight is 376 g/mol. The van der Waals surface area contributed by atoms with E-state index in [-0.39, 0.29) is 24.6 Å². The Morgan fingerprint density at radius 2 is 1.86 bits per heavy atom. The Balaban J connectivity index is 2.02. The van der Waals surface area contributed by atoms with Crippen molar-refractivity contribution in [3.05, 3.63) is 74.9 Å². The van der Waals surface area contributed by atoms with Crippen LogP contribution in [0, 0.1) is 17.2 Å². The molecule has 1 N–H and O–H groups in total. The zero-order valence-electron chi connectivity index (χ0n) is 15.7. The summed E-state index contributed by atoms with van der Waals surface area (Å²) in [5, 5.41) is 12.1. The summed E-state index contributed by atoms with van der Waals surface area (Å²) in [4.78, 5) is 38.2. The second-order valence-corrected chi connectivity index (χ2v) is 6.94. The van der Waals surface area contributed by atoms with Gasteiger partial charge in [-0.05, 0) is 36.2 Å². The van der Waals surface area contributed by atoms with Crippen molar-refractivity contribution in [2.24, 2.45) is 5.92 Å². The lowest BCUT2D eigenvalue weighted by atomic mass is 10.2. The van der Waals surface area contributed by atoms with Crippen LogP contribution in [0.25, 0.3) is 10.9 Å². The van der Waals surface area contributed by atoms with Crippen LogP contribution in [0.1, 0.15) is 19.4 Å². The molecule has 28 heavy (non-hydrogen) atoms. The van der Waals surface area contributed by atoms with Crippen molar-refractivity contribution < 1.29 is 4.79 Å². The van der Waals surface area contributed by atoms with Crippen molar-refractivity contribution in [2.75, 3.05) is 5.32 Å². The first kappa shape index (κ1) is 19.1. The van der Waals surface area contributed by atoms with Crippen LogP contribution in [0.2, 0.25) is 0 Å². The van der Waals surface area contributed by atoms with E-state index in [4.69, 9.17) is 5.26 Å². The number of nitriles is 1. The van der Waals surface area contributed by atoms with Crippen molar-refractivity contribution >= 4 is 22.5 Å². The fourth-order valence-electron chi connectivity index (χ4n) is 3.06. The number of nitrogens with one attached hydrogen (secondary N) is 1. The first-order chi connectivity index (χ1) is 13.4. The number of benzene rings is 2. The number of carbonyl (C=O) groups excluding carboxylic acids is 1. The maximum absolute atomic E-state index is 12.9. The van der Waals surface area contributed by atoms with Crippen LogP contribution in [0.3, 0.4) is 0 Å². The first-order valence-corrected chi connectivity index (χ1v) is 8.93. The predicted octanol–water partition coefficient (Wildman–Crippen LogP) is 2.33. The molecule has 0 spiro atoms. The molecular weight excluding hydrogens is 356 g/mol. The smallest absolute Gasteiger partial charge is 0.324 e. The summed E-state index contributed by atoms with van der Waals surface area (Å²) in [5.74, 6) is -0.320. The molecule has 2 aromatic carbocycles. The molecule has 7 heteroatoms. The summed E-state index contributed by atoms with van der Waals surface area (Å²) >= 11 is 0. The molecule has 7 nitrogen and oxygen atoms in total. The zero-order valence-corrected chi connectivity index (χ0v) is 15.7. The minimum absolute atomic E-state index is 0.0996. The van der Waals surface area contributed by atoms with Crippen LogP contribution < -0.4 is 16.6 Å². The molecule has 0 saturated carbocycles. The third-order valence-electron chi connectivity index (χ3n) is 4.26.